The number of nitrogens with two attached hydrogens (primary N) is 1. The molecular formula is C14H17NO2. The van der Waals surface area contributed by atoms with Gasteiger partial charge in [0.2, 0.25) is 0 Å². The van der Waals surface area contributed by atoms with E-state index in [4.69, 9.17) is 10.5 Å². The summed E-state index contributed by atoms with van der Waals surface area (Å²) in [5, 5.41) is 0. The van der Waals surface area contributed by atoms with Crippen molar-refractivity contribution in [3.05, 3.63) is 35.4 Å². The van der Waals surface area contributed by atoms with Crippen LogP contribution in [0.25, 0.3) is 0 Å². The van der Waals surface area contributed by atoms with Crippen molar-refractivity contribution in [3.63, 3.8) is 0 Å². The predicted molar refractivity (Wildman–Crippen MR) is 67.3 cm³/mol. The molecule has 0 saturated carbocycles. The highest BCUT2D eigenvalue weighted by molar-refractivity contribution is 5.72. The molecule has 0 aliphatic carbocycles. The van der Waals surface area contributed by atoms with E-state index in [2.05, 4.69) is 11.8 Å². The van der Waals surface area contributed by atoms with Gasteiger partial charge in [0.15, 0.2) is 0 Å². The second-order valence-electron chi connectivity index (χ2n) is 3.52. The highest BCUT2D eigenvalue weighted by atomic mass is 16.5. The van der Waals surface area contributed by atoms with E-state index in [1.165, 1.54) is 5.56 Å². The first kappa shape index (κ1) is 13.3. The van der Waals surface area contributed by atoms with Crippen LogP contribution in [0, 0.1) is 11.8 Å². The minimum absolute atomic E-state index is 0.137. The number of carbonyl (C=O) groups excluding carboxylic acids is 1. The van der Waals surface area contributed by atoms with Crippen LogP contribution in [0.2, 0.25) is 0 Å². The summed E-state index contributed by atoms with van der Waals surface area (Å²) in [7, 11) is 0. The quantitative estimate of drug-likeness (QED) is 0.631. The van der Waals surface area contributed by atoms with E-state index in [1.807, 2.05) is 24.3 Å². The van der Waals surface area contributed by atoms with Crippen molar-refractivity contribution in [3.8, 4) is 11.8 Å². The third-order valence-electron chi connectivity index (χ3n) is 2.16. The first-order valence-corrected chi connectivity index (χ1v) is 5.69. The van der Waals surface area contributed by atoms with Gasteiger partial charge >= 0.3 is 5.97 Å². The smallest absolute Gasteiger partial charge is 0.317 e. The van der Waals surface area contributed by atoms with Gasteiger partial charge in [-0.3, -0.25) is 4.79 Å². The van der Waals surface area contributed by atoms with E-state index < -0.39 is 0 Å². The largest absolute Gasteiger partial charge is 0.465 e. The lowest BCUT2D eigenvalue weighted by molar-refractivity contribution is -0.141. The zero-order valence-corrected chi connectivity index (χ0v) is 10.0. The predicted octanol–water partition coefficient (Wildman–Crippen LogP) is 1.49. The second kappa shape index (κ2) is 7.48. The maximum atomic E-state index is 11.0. The Hall–Kier alpha value is -1.79. The molecule has 0 amide bonds. The molecule has 0 atom stereocenters. The van der Waals surface area contributed by atoms with Gasteiger partial charge in [0.25, 0.3) is 0 Å². The summed E-state index contributed by atoms with van der Waals surface area (Å²) in [6, 6.07) is 7.87. The monoisotopic (exact) mass is 231 g/mol. The molecule has 0 unspecified atom stereocenters. The molecule has 3 nitrogen and oxygen atoms in total. The number of ether oxygens (including phenoxy) is 1. The number of benzene rings is 1. The molecular weight excluding hydrogens is 214 g/mol. The van der Waals surface area contributed by atoms with Crippen molar-refractivity contribution < 1.29 is 9.53 Å². The van der Waals surface area contributed by atoms with Crippen molar-refractivity contribution in [2.75, 3.05) is 13.2 Å². The first-order valence-electron chi connectivity index (χ1n) is 5.69. The van der Waals surface area contributed by atoms with Crippen molar-refractivity contribution in [1.29, 1.82) is 0 Å². The summed E-state index contributed by atoms with van der Waals surface area (Å²) in [4.78, 5) is 11.0. The molecule has 0 bridgehead atoms. The molecule has 0 aliphatic rings. The Morgan fingerprint density at radius 2 is 2.06 bits per heavy atom. The third kappa shape index (κ3) is 5.19. The molecule has 2 N–H and O–H groups in total. The van der Waals surface area contributed by atoms with Crippen LogP contribution in [0.1, 0.15) is 24.5 Å². The lowest BCUT2D eigenvalue weighted by atomic mass is 10.1. The van der Waals surface area contributed by atoms with E-state index in [9.17, 15) is 4.79 Å². The van der Waals surface area contributed by atoms with Gasteiger partial charge in [-0.15, -0.1) is 0 Å². The molecule has 0 spiro atoms. The van der Waals surface area contributed by atoms with E-state index in [0.717, 1.165) is 12.0 Å². The van der Waals surface area contributed by atoms with E-state index in [-0.39, 0.29) is 12.4 Å². The van der Waals surface area contributed by atoms with Crippen molar-refractivity contribution >= 4 is 5.97 Å². The zero-order chi connectivity index (χ0) is 12.5. The Kier molecular flexibility index (Phi) is 5.84. The van der Waals surface area contributed by atoms with E-state index in [1.54, 1.807) is 6.92 Å². The first-order chi connectivity index (χ1) is 8.26. The Labute approximate surface area is 102 Å². The van der Waals surface area contributed by atoms with Crippen LogP contribution in [0.15, 0.2) is 24.3 Å². The van der Waals surface area contributed by atoms with Crippen LogP contribution < -0.4 is 5.73 Å². The number of hydrogen-bond acceptors (Lipinski definition) is 3. The molecule has 0 fully saturated rings. The van der Waals surface area contributed by atoms with Crippen LogP contribution >= 0.6 is 0 Å². The molecule has 1 aromatic carbocycles. The number of carbonyl (C=O) groups is 1. The SMILES string of the molecule is CCOC(=O)CC#Cc1ccc(CCN)cc1. The maximum Gasteiger partial charge on any atom is 0.317 e. The van der Waals surface area contributed by atoms with Crippen LogP contribution in [-0.2, 0) is 16.0 Å². The van der Waals surface area contributed by atoms with Gasteiger partial charge in [-0.05, 0) is 37.6 Å². The molecule has 0 heterocycles. The normalized spacial score (nSPS) is 9.29. The van der Waals surface area contributed by atoms with Crippen LogP contribution in [0.5, 0.6) is 0 Å². The van der Waals surface area contributed by atoms with E-state index >= 15 is 0 Å². The van der Waals surface area contributed by atoms with Gasteiger partial charge in [0, 0.05) is 5.56 Å². The molecule has 3 heteroatoms. The molecule has 1 aromatic rings. The fourth-order valence-corrected chi connectivity index (χ4v) is 1.35. The summed E-state index contributed by atoms with van der Waals surface area (Å²) in [6.07, 6.45) is 1.01. The van der Waals surface area contributed by atoms with Gasteiger partial charge in [-0.1, -0.05) is 24.0 Å². The van der Waals surface area contributed by atoms with Crippen LogP contribution in [-0.4, -0.2) is 19.1 Å². The Bertz CT molecular complexity index is 412. The van der Waals surface area contributed by atoms with Gasteiger partial charge in [0.05, 0.1) is 6.61 Å². The number of esters is 1. The Morgan fingerprint density at radius 1 is 1.35 bits per heavy atom. The standard InChI is InChI=1S/C14H17NO2/c1-2-17-14(16)5-3-4-12-6-8-13(9-7-12)10-11-15/h6-9H,2,5,10-11,15H2,1H3. The van der Waals surface area contributed by atoms with Crippen molar-refractivity contribution in [2.24, 2.45) is 5.73 Å². The molecule has 0 aliphatic heterocycles. The summed E-state index contributed by atoms with van der Waals surface area (Å²) in [5.41, 5.74) is 7.56. The highest BCUT2D eigenvalue weighted by Gasteiger charge is 1.96. The minimum atomic E-state index is -0.278. The molecule has 1 rings (SSSR count). The molecule has 0 radical (unpaired) electrons. The molecule has 0 aromatic heterocycles. The average molecular weight is 231 g/mol. The topological polar surface area (TPSA) is 52.3 Å². The molecule has 90 valence electrons. The average Bonchev–Trinajstić information content (AvgIpc) is 2.32. The van der Waals surface area contributed by atoms with Gasteiger partial charge in [-0.2, -0.15) is 0 Å². The summed E-state index contributed by atoms with van der Waals surface area (Å²) in [6.45, 7) is 2.82. The molecule has 17 heavy (non-hydrogen) atoms. The summed E-state index contributed by atoms with van der Waals surface area (Å²) in [5.74, 6) is 5.43. The Morgan fingerprint density at radius 3 is 2.65 bits per heavy atom. The highest BCUT2D eigenvalue weighted by Crippen LogP contribution is 2.03. The second-order valence-corrected chi connectivity index (χ2v) is 3.52. The Balaban J connectivity index is 2.51. The van der Waals surface area contributed by atoms with Gasteiger partial charge in [-0.25, -0.2) is 0 Å². The lowest BCUT2D eigenvalue weighted by Crippen LogP contribution is -2.02. The van der Waals surface area contributed by atoms with Crippen molar-refractivity contribution in [1.82, 2.24) is 0 Å². The lowest BCUT2D eigenvalue weighted by Gasteiger charge is -1.97. The van der Waals surface area contributed by atoms with Gasteiger partial charge < -0.3 is 10.5 Å². The van der Waals surface area contributed by atoms with Crippen molar-refractivity contribution in [2.45, 2.75) is 19.8 Å². The zero-order valence-electron chi connectivity index (χ0n) is 10.0. The number of hydrogen-bond donors (Lipinski definition) is 1. The summed E-state index contributed by atoms with van der Waals surface area (Å²) < 4.78 is 4.78. The number of rotatable bonds is 4. The molecule has 0 saturated heterocycles. The minimum Gasteiger partial charge on any atom is -0.465 e. The maximum absolute atomic E-state index is 11.0. The fraction of sp³-hybridized carbons (Fsp3) is 0.357. The fourth-order valence-electron chi connectivity index (χ4n) is 1.35. The van der Waals surface area contributed by atoms with Gasteiger partial charge in [0.1, 0.15) is 6.42 Å². The van der Waals surface area contributed by atoms with E-state index in [0.29, 0.717) is 13.2 Å². The van der Waals surface area contributed by atoms with Crippen LogP contribution in [0.3, 0.4) is 0 Å². The third-order valence-corrected chi connectivity index (χ3v) is 2.16. The summed E-state index contributed by atoms with van der Waals surface area (Å²) >= 11 is 0. The van der Waals surface area contributed by atoms with Crippen LogP contribution in [0.4, 0.5) is 0 Å².